The van der Waals surface area contributed by atoms with Crippen LogP contribution in [0.15, 0.2) is 72.8 Å². The first-order chi connectivity index (χ1) is 13.2. The van der Waals surface area contributed by atoms with Crippen molar-refractivity contribution in [2.45, 2.75) is 13.1 Å². The first-order valence-corrected chi connectivity index (χ1v) is 9.56. The predicted octanol–water partition coefficient (Wildman–Crippen LogP) is 5.43. The quantitative estimate of drug-likeness (QED) is 0.488. The van der Waals surface area contributed by atoms with Gasteiger partial charge >= 0.3 is 0 Å². The summed E-state index contributed by atoms with van der Waals surface area (Å²) >= 11 is 1.55. The monoisotopic (exact) mass is 376 g/mol. The molecule has 3 aromatic carbocycles. The van der Waals surface area contributed by atoms with Gasteiger partial charge < -0.3 is 9.84 Å². The van der Waals surface area contributed by atoms with Crippen molar-refractivity contribution in [3.63, 3.8) is 0 Å². The molecule has 4 aromatic rings. The highest BCUT2D eigenvalue weighted by Crippen LogP contribution is 2.31. The standard InChI is InChI=1S/C22H20N2O2S/c1-24(14-16-6-10-18(25)11-7-16)15-17-8-12-19(13-9-17)26-22-23-20-4-2-3-5-21(20)27-22/h2-13,25H,14-15H2,1H3. The number of thiazole rings is 1. The molecule has 1 N–H and O–H groups in total. The number of aromatic hydroxyl groups is 1. The molecule has 0 radical (unpaired) electrons. The largest absolute Gasteiger partial charge is 0.508 e. The molecule has 0 aliphatic heterocycles. The Morgan fingerprint density at radius 3 is 2.19 bits per heavy atom. The summed E-state index contributed by atoms with van der Waals surface area (Å²) in [5.41, 5.74) is 3.35. The Kier molecular flexibility index (Phi) is 5.05. The third-order valence-electron chi connectivity index (χ3n) is 4.24. The maximum atomic E-state index is 9.37. The van der Waals surface area contributed by atoms with Gasteiger partial charge in [-0.05, 0) is 54.6 Å². The van der Waals surface area contributed by atoms with Crippen LogP contribution in [0, 0.1) is 0 Å². The van der Waals surface area contributed by atoms with Gasteiger partial charge in [0.25, 0.3) is 5.19 Å². The summed E-state index contributed by atoms with van der Waals surface area (Å²) in [5, 5.41) is 10.0. The van der Waals surface area contributed by atoms with Crippen LogP contribution in [0.3, 0.4) is 0 Å². The van der Waals surface area contributed by atoms with E-state index < -0.39 is 0 Å². The second-order valence-corrected chi connectivity index (χ2v) is 7.53. The molecular formula is C22H20N2O2S. The highest BCUT2D eigenvalue weighted by atomic mass is 32.1. The zero-order valence-electron chi connectivity index (χ0n) is 15.0. The lowest BCUT2D eigenvalue weighted by Gasteiger charge is -2.17. The molecule has 0 amide bonds. The number of ether oxygens (including phenoxy) is 1. The normalized spacial score (nSPS) is 11.2. The Bertz CT molecular complexity index is 993. The van der Waals surface area contributed by atoms with Gasteiger partial charge in [-0.25, -0.2) is 4.98 Å². The fourth-order valence-corrected chi connectivity index (χ4v) is 3.77. The molecule has 0 unspecified atom stereocenters. The molecule has 5 heteroatoms. The minimum Gasteiger partial charge on any atom is -0.508 e. The van der Waals surface area contributed by atoms with E-state index in [9.17, 15) is 5.11 Å². The number of para-hydroxylation sites is 1. The Labute approximate surface area is 162 Å². The van der Waals surface area contributed by atoms with Gasteiger partial charge in [0, 0.05) is 13.1 Å². The lowest BCUT2D eigenvalue weighted by molar-refractivity contribution is 0.319. The number of phenols is 1. The molecule has 0 saturated heterocycles. The van der Waals surface area contributed by atoms with Crippen molar-refractivity contribution in [3.05, 3.63) is 83.9 Å². The van der Waals surface area contributed by atoms with E-state index in [4.69, 9.17) is 4.74 Å². The zero-order valence-corrected chi connectivity index (χ0v) is 15.8. The van der Waals surface area contributed by atoms with Gasteiger partial charge in [0.05, 0.1) is 10.2 Å². The van der Waals surface area contributed by atoms with Gasteiger partial charge in [0.1, 0.15) is 11.5 Å². The molecule has 27 heavy (non-hydrogen) atoms. The van der Waals surface area contributed by atoms with Crippen LogP contribution < -0.4 is 4.74 Å². The van der Waals surface area contributed by atoms with Crippen LogP contribution in [0.4, 0.5) is 0 Å². The first-order valence-electron chi connectivity index (χ1n) is 8.74. The van der Waals surface area contributed by atoms with Gasteiger partial charge in [0.2, 0.25) is 0 Å². The maximum Gasteiger partial charge on any atom is 0.279 e. The SMILES string of the molecule is CN(Cc1ccc(O)cc1)Cc1ccc(Oc2nc3ccccc3s2)cc1. The minimum absolute atomic E-state index is 0.296. The number of hydrogen-bond acceptors (Lipinski definition) is 5. The number of aromatic nitrogens is 1. The fraction of sp³-hybridized carbons (Fsp3) is 0.136. The van der Waals surface area contributed by atoms with Gasteiger partial charge in [-0.1, -0.05) is 47.7 Å². The Balaban J connectivity index is 1.37. The molecule has 0 aliphatic rings. The number of phenolic OH excluding ortho intramolecular Hbond substituents is 1. The van der Waals surface area contributed by atoms with E-state index in [0.717, 1.165) is 29.1 Å². The summed E-state index contributed by atoms with van der Waals surface area (Å²) in [7, 11) is 2.08. The third kappa shape index (κ3) is 4.45. The number of nitrogens with zero attached hydrogens (tertiary/aromatic N) is 2. The molecule has 4 rings (SSSR count). The summed E-state index contributed by atoms with van der Waals surface area (Å²) in [5.74, 6) is 1.09. The molecule has 0 spiro atoms. The Morgan fingerprint density at radius 1 is 0.889 bits per heavy atom. The van der Waals surface area contributed by atoms with Crippen molar-refractivity contribution < 1.29 is 9.84 Å². The summed E-state index contributed by atoms with van der Waals surface area (Å²) in [6.07, 6.45) is 0. The van der Waals surface area contributed by atoms with Crippen molar-refractivity contribution in [1.82, 2.24) is 9.88 Å². The van der Waals surface area contributed by atoms with E-state index in [0.29, 0.717) is 10.9 Å². The molecule has 0 saturated carbocycles. The maximum absolute atomic E-state index is 9.37. The molecule has 1 aromatic heterocycles. The number of rotatable bonds is 6. The molecular weight excluding hydrogens is 356 g/mol. The van der Waals surface area contributed by atoms with E-state index in [1.165, 1.54) is 11.1 Å². The highest BCUT2D eigenvalue weighted by Gasteiger charge is 2.06. The summed E-state index contributed by atoms with van der Waals surface area (Å²) in [4.78, 5) is 6.73. The van der Waals surface area contributed by atoms with E-state index in [1.54, 1.807) is 23.5 Å². The predicted molar refractivity (Wildman–Crippen MR) is 109 cm³/mol. The molecule has 1 heterocycles. The molecule has 0 fully saturated rings. The number of hydrogen-bond donors (Lipinski definition) is 1. The smallest absolute Gasteiger partial charge is 0.279 e. The lowest BCUT2D eigenvalue weighted by atomic mass is 10.1. The molecule has 136 valence electrons. The van der Waals surface area contributed by atoms with Crippen molar-refractivity contribution in [2.75, 3.05) is 7.05 Å². The molecule has 0 bridgehead atoms. The van der Waals surface area contributed by atoms with Gasteiger partial charge in [-0.2, -0.15) is 0 Å². The van der Waals surface area contributed by atoms with Crippen LogP contribution in [0.2, 0.25) is 0 Å². The highest BCUT2D eigenvalue weighted by molar-refractivity contribution is 7.20. The average Bonchev–Trinajstić information content (AvgIpc) is 3.07. The summed E-state index contributed by atoms with van der Waals surface area (Å²) < 4.78 is 7.03. The lowest BCUT2D eigenvalue weighted by Crippen LogP contribution is -2.17. The van der Waals surface area contributed by atoms with Crippen LogP contribution in [-0.2, 0) is 13.1 Å². The second-order valence-electron chi connectivity index (χ2n) is 6.53. The van der Waals surface area contributed by atoms with E-state index in [-0.39, 0.29) is 0 Å². The first kappa shape index (κ1) is 17.5. The van der Waals surface area contributed by atoms with Crippen LogP contribution in [-0.4, -0.2) is 22.0 Å². The van der Waals surface area contributed by atoms with E-state index in [2.05, 4.69) is 29.1 Å². The Morgan fingerprint density at radius 2 is 1.52 bits per heavy atom. The Hall–Kier alpha value is -2.89. The average molecular weight is 376 g/mol. The van der Waals surface area contributed by atoms with Gasteiger partial charge in [-0.3, -0.25) is 4.90 Å². The zero-order chi connectivity index (χ0) is 18.6. The van der Waals surface area contributed by atoms with Crippen molar-refractivity contribution in [1.29, 1.82) is 0 Å². The van der Waals surface area contributed by atoms with Crippen LogP contribution in [0.5, 0.6) is 16.7 Å². The van der Waals surface area contributed by atoms with Crippen LogP contribution in [0.1, 0.15) is 11.1 Å². The van der Waals surface area contributed by atoms with Gasteiger partial charge in [-0.15, -0.1) is 0 Å². The van der Waals surface area contributed by atoms with Crippen molar-refractivity contribution in [2.24, 2.45) is 0 Å². The molecule has 4 nitrogen and oxygen atoms in total. The summed E-state index contributed by atoms with van der Waals surface area (Å²) in [6.45, 7) is 1.66. The number of fused-ring (bicyclic) bond motifs is 1. The topological polar surface area (TPSA) is 45.6 Å². The second kappa shape index (κ2) is 7.78. The summed E-state index contributed by atoms with van der Waals surface area (Å²) in [6, 6.07) is 23.5. The van der Waals surface area contributed by atoms with Crippen LogP contribution in [0.25, 0.3) is 10.2 Å². The molecule has 0 atom stereocenters. The van der Waals surface area contributed by atoms with Crippen LogP contribution >= 0.6 is 11.3 Å². The number of benzene rings is 3. The van der Waals surface area contributed by atoms with E-state index in [1.807, 2.05) is 48.5 Å². The molecule has 0 aliphatic carbocycles. The van der Waals surface area contributed by atoms with Crippen molar-refractivity contribution >= 4 is 21.6 Å². The van der Waals surface area contributed by atoms with E-state index >= 15 is 0 Å². The van der Waals surface area contributed by atoms with Gasteiger partial charge in [0.15, 0.2) is 0 Å². The third-order valence-corrected chi connectivity index (χ3v) is 5.16. The van der Waals surface area contributed by atoms with Crippen molar-refractivity contribution in [3.8, 4) is 16.7 Å². The fourth-order valence-electron chi connectivity index (χ4n) is 2.94. The minimum atomic E-state index is 0.296.